The third-order valence-corrected chi connectivity index (χ3v) is 2.45. The zero-order valence-electron chi connectivity index (χ0n) is 9.06. The van der Waals surface area contributed by atoms with Crippen molar-refractivity contribution in [3.05, 3.63) is 16.1 Å². The first kappa shape index (κ1) is 13.4. The van der Waals surface area contributed by atoms with Crippen LogP contribution in [-0.2, 0) is 0 Å². The highest BCUT2D eigenvalue weighted by molar-refractivity contribution is 6.37. The van der Waals surface area contributed by atoms with Crippen LogP contribution in [0.4, 0.5) is 11.6 Å². The van der Waals surface area contributed by atoms with Crippen molar-refractivity contribution in [2.24, 2.45) is 0 Å². The summed E-state index contributed by atoms with van der Waals surface area (Å²) in [6, 6.07) is 1.63. The van der Waals surface area contributed by atoms with E-state index in [1.54, 1.807) is 6.07 Å². The highest BCUT2D eigenvalue weighted by Gasteiger charge is 2.08. The van der Waals surface area contributed by atoms with Gasteiger partial charge in [-0.25, -0.2) is 4.98 Å². The molecule has 16 heavy (non-hydrogen) atoms. The molecular weight excluding hydrogens is 249 g/mol. The van der Waals surface area contributed by atoms with E-state index in [0.29, 0.717) is 28.2 Å². The summed E-state index contributed by atoms with van der Waals surface area (Å²) in [5.41, 5.74) is 0. The molecule has 1 rings (SSSR count). The Hall–Kier alpha value is -0.710. The number of aliphatic hydroxyl groups excluding tert-OH is 1. The summed E-state index contributed by atoms with van der Waals surface area (Å²) >= 11 is 11.9. The normalized spacial score (nSPS) is 10.2. The van der Waals surface area contributed by atoms with Crippen LogP contribution in [0.5, 0.6) is 0 Å². The fourth-order valence-electron chi connectivity index (χ4n) is 1.13. The molecule has 0 aliphatic rings. The molecule has 0 bridgehead atoms. The van der Waals surface area contributed by atoms with Crippen molar-refractivity contribution < 1.29 is 5.11 Å². The molecule has 4 nitrogen and oxygen atoms in total. The number of rotatable bonds is 6. The van der Waals surface area contributed by atoms with Crippen LogP contribution in [0.3, 0.4) is 0 Å². The molecule has 1 aromatic rings. The molecule has 0 aromatic carbocycles. The van der Waals surface area contributed by atoms with Gasteiger partial charge in [0.05, 0.1) is 16.7 Å². The minimum Gasteiger partial charge on any atom is -0.395 e. The monoisotopic (exact) mass is 263 g/mol. The number of aromatic nitrogens is 1. The lowest BCUT2D eigenvalue weighted by Crippen LogP contribution is -2.09. The molecule has 0 saturated heterocycles. The van der Waals surface area contributed by atoms with Gasteiger partial charge in [0.2, 0.25) is 0 Å². The molecule has 0 saturated carbocycles. The number of pyridine rings is 1. The van der Waals surface area contributed by atoms with Crippen LogP contribution in [0.25, 0.3) is 0 Å². The highest BCUT2D eigenvalue weighted by Crippen LogP contribution is 2.28. The Labute approximate surface area is 105 Å². The Bertz CT molecular complexity index is 318. The number of anilines is 2. The van der Waals surface area contributed by atoms with Crippen LogP contribution in [0.15, 0.2) is 6.07 Å². The summed E-state index contributed by atoms with van der Waals surface area (Å²) in [5.74, 6) is 1.13. The van der Waals surface area contributed by atoms with Gasteiger partial charge in [0.1, 0.15) is 11.6 Å². The third kappa shape index (κ3) is 3.70. The van der Waals surface area contributed by atoms with E-state index >= 15 is 0 Å². The first-order valence-electron chi connectivity index (χ1n) is 5.13. The minimum absolute atomic E-state index is 0.0261. The molecule has 0 aliphatic heterocycles. The predicted octanol–water partition coefficient (Wildman–Crippen LogP) is 2.61. The van der Waals surface area contributed by atoms with Crippen LogP contribution < -0.4 is 10.6 Å². The van der Waals surface area contributed by atoms with Gasteiger partial charge >= 0.3 is 0 Å². The van der Waals surface area contributed by atoms with E-state index in [1.807, 2.05) is 0 Å². The third-order valence-electron chi connectivity index (χ3n) is 1.88. The number of aliphatic hydroxyl groups is 1. The molecule has 0 fully saturated rings. The summed E-state index contributed by atoms with van der Waals surface area (Å²) in [7, 11) is 0. The largest absolute Gasteiger partial charge is 0.395 e. The first-order chi connectivity index (χ1) is 7.69. The predicted molar refractivity (Wildman–Crippen MR) is 68.6 cm³/mol. The number of hydrogen-bond donors (Lipinski definition) is 3. The number of nitrogens with one attached hydrogen (secondary N) is 2. The molecule has 3 N–H and O–H groups in total. The van der Waals surface area contributed by atoms with Crippen molar-refractivity contribution in [2.75, 3.05) is 30.3 Å². The van der Waals surface area contributed by atoms with Crippen molar-refractivity contribution >= 4 is 34.8 Å². The van der Waals surface area contributed by atoms with E-state index in [4.69, 9.17) is 28.3 Å². The van der Waals surface area contributed by atoms with E-state index in [2.05, 4.69) is 22.5 Å². The summed E-state index contributed by atoms with van der Waals surface area (Å²) in [6.07, 6.45) is 0.986. The average Bonchev–Trinajstić information content (AvgIpc) is 2.26. The van der Waals surface area contributed by atoms with Gasteiger partial charge in [-0.05, 0) is 12.5 Å². The fourth-order valence-corrected chi connectivity index (χ4v) is 1.62. The van der Waals surface area contributed by atoms with E-state index in [9.17, 15) is 0 Å². The quantitative estimate of drug-likeness (QED) is 0.739. The zero-order valence-corrected chi connectivity index (χ0v) is 10.6. The Balaban J connectivity index is 2.83. The van der Waals surface area contributed by atoms with E-state index in [-0.39, 0.29) is 6.61 Å². The van der Waals surface area contributed by atoms with Gasteiger partial charge < -0.3 is 15.7 Å². The summed E-state index contributed by atoms with van der Waals surface area (Å²) in [6.45, 7) is 3.29. The lowest BCUT2D eigenvalue weighted by Gasteiger charge is -2.11. The number of hydrogen-bond acceptors (Lipinski definition) is 4. The second-order valence-electron chi connectivity index (χ2n) is 3.23. The Morgan fingerprint density at radius 1 is 1.19 bits per heavy atom. The minimum atomic E-state index is 0.0261. The molecule has 0 atom stereocenters. The number of halogens is 2. The molecule has 0 spiro atoms. The van der Waals surface area contributed by atoms with Crippen LogP contribution in [-0.4, -0.2) is 29.8 Å². The Morgan fingerprint density at radius 2 is 1.75 bits per heavy atom. The highest BCUT2D eigenvalue weighted by atomic mass is 35.5. The van der Waals surface area contributed by atoms with Crippen LogP contribution in [0.1, 0.15) is 13.3 Å². The maximum absolute atomic E-state index is 8.71. The molecule has 0 radical (unpaired) electrons. The molecule has 90 valence electrons. The molecule has 0 unspecified atom stereocenters. The smallest absolute Gasteiger partial charge is 0.147 e. The van der Waals surface area contributed by atoms with E-state index in [1.165, 1.54) is 0 Å². The molecule has 6 heteroatoms. The van der Waals surface area contributed by atoms with Crippen LogP contribution >= 0.6 is 23.2 Å². The average molecular weight is 264 g/mol. The first-order valence-corrected chi connectivity index (χ1v) is 5.89. The van der Waals surface area contributed by atoms with Crippen molar-refractivity contribution in [1.82, 2.24) is 4.98 Å². The molecule has 1 heterocycles. The van der Waals surface area contributed by atoms with Crippen molar-refractivity contribution in [2.45, 2.75) is 13.3 Å². The lowest BCUT2D eigenvalue weighted by atomic mass is 10.4. The van der Waals surface area contributed by atoms with Gasteiger partial charge in [0.25, 0.3) is 0 Å². The Morgan fingerprint density at radius 3 is 2.25 bits per heavy atom. The number of nitrogens with zero attached hydrogens (tertiary/aromatic N) is 1. The Kier molecular flexibility index (Phi) is 5.66. The van der Waals surface area contributed by atoms with Crippen LogP contribution in [0.2, 0.25) is 10.0 Å². The zero-order chi connectivity index (χ0) is 12.0. The van der Waals surface area contributed by atoms with Gasteiger partial charge in [0.15, 0.2) is 0 Å². The SMILES string of the molecule is CCCNc1nc(NCCO)c(Cl)cc1Cl. The van der Waals surface area contributed by atoms with Crippen molar-refractivity contribution in [1.29, 1.82) is 0 Å². The van der Waals surface area contributed by atoms with Crippen molar-refractivity contribution in [3.8, 4) is 0 Å². The molecule has 0 aliphatic carbocycles. The van der Waals surface area contributed by atoms with E-state index < -0.39 is 0 Å². The van der Waals surface area contributed by atoms with Gasteiger partial charge in [-0.3, -0.25) is 0 Å². The van der Waals surface area contributed by atoms with Gasteiger partial charge in [-0.15, -0.1) is 0 Å². The van der Waals surface area contributed by atoms with Gasteiger partial charge in [0, 0.05) is 13.1 Å². The summed E-state index contributed by atoms with van der Waals surface area (Å²) in [5, 5.41) is 15.7. The second kappa shape index (κ2) is 6.78. The topological polar surface area (TPSA) is 57.2 Å². The van der Waals surface area contributed by atoms with E-state index in [0.717, 1.165) is 13.0 Å². The fraction of sp³-hybridized carbons (Fsp3) is 0.500. The lowest BCUT2D eigenvalue weighted by molar-refractivity contribution is 0.311. The molecule has 1 aromatic heterocycles. The van der Waals surface area contributed by atoms with Crippen LogP contribution in [0, 0.1) is 0 Å². The van der Waals surface area contributed by atoms with Crippen molar-refractivity contribution in [3.63, 3.8) is 0 Å². The molecule has 0 amide bonds. The van der Waals surface area contributed by atoms with Gasteiger partial charge in [-0.2, -0.15) is 0 Å². The maximum atomic E-state index is 8.71. The standard InChI is InChI=1S/C10H15Cl2N3O/c1-2-3-13-9-7(11)6-8(12)10(15-9)14-4-5-16/h6,16H,2-5H2,1H3,(H2,13,14,15). The second-order valence-corrected chi connectivity index (χ2v) is 4.04. The van der Waals surface area contributed by atoms with Gasteiger partial charge in [-0.1, -0.05) is 30.1 Å². The molecular formula is C10H15Cl2N3O. The maximum Gasteiger partial charge on any atom is 0.147 e. The summed E-state index contributed by atoms with van der Waals surface area (Å²) in [4.78, 5) is 4.25. The summed E-state index contributed by atoms with van der Waals surface area (Å²) < 4.78 is 0.